The highest BCUT2D eigenvalue weighted by Crippen LogP contribution is 2.23. The summed E-state index contributed by atoms with van der Waals surface area (Å²) < 4.78 is 21.8. The van der Waals surface area contributed by atoms with E-state index < -0.39 is 0 Å². The number of rotatable bonds is 9. The Hall–Kier alpha value is -3.68. The maximum absolute atomic E-state index is 5.75. The molecule has 30 heavy (non-hydrogen) atoms. The molecule has 0 saturated heterocycles. The minimum absolute atomic E-state index is 0.508. The monoisotopic (exact) mass is 406 g/mol. The van der Waals surface area contributed by atoms with Crippen molar-refractivity contribution in [2.45, 2.75) is 25.7 Å². The second-order valence-corrected chi connectivity index (χ2v) is 6.67. The molecule has 0 unspecified atom stereocenters. The lowest BCUT2D eigenvalue weighted by Crippen LogP contribution is -1.90. The van der Waals surface area contributed by atoms with Gasteiger partial charge >= 0.3 is 0 Å². The molecule has 2 aromatic carbocycles. The van der Waals surface area contributed by atoms with Gasteiger partial charge in [-0.2, -0.15) is 0 Å². The number of nitrogens with zero attached hydrogens (tertiary/aromatic N) is 4. The number of ether oxygens (including phenoxy) is 2. The summed E-state index contributed by atoms with van der Waals surface area (Å²) in [5.41, 5.74) is 1.73. The molecule has 8 heteroatoms. The average Bonchev–Trinajstić information content (AvgIpc) is 3.47. The van der Waals surface area contributed by atoms with Crippen LogP contribution in [0.3, 0.4) is 0 Å². The van der Waals surface area contributed by atoms with Gasteiger partial charge in [-0.1, -0.05) is 0 Å². The Bertz CT molecular complexity index is 983. The van der Waals surface area contributed by atoms with E-state index in [0.29, 0.717) is 36.4 Å². The summed E-state index contributed by atoms with van der Waals surface area (Å²) in [7, 11) is 3.27. The van der Waals surface area contributed by atoms with Gasteiger partial charge < -0.3 is 18.3 Å². The number of unbranched alkanes of at least 4 members (excludes halogenated alkanes) is 1. The van der Waals surface area contributed by atoms with Gasteiger partial charge in [-0.05, 0) is 61.4 Å². The van der Waals surface area contributed by atoms with Gasteiger partial charge in [0.2, 0.25) is 23.6 Å². The second kappa shape index (κ2) is 9.21. The SMILES string of the molecule is COc1ccc(-c2nnc(CCCCc3nnc(-c4ccc(OC)cc4)o3)o2)cc1. The van der Waals surface area contributed by atoms with Gasteiger partial charge in [-0.3, -0.25) is 0 Å². The van der Waals surface area contributed by atoms with Crippen molar-refractivity contribution < 1.29 is 18.3 Å². The number of methoxy groups -OCH3 is 2. The van der Waals surface area contributed by atoms with Crippen molar-refractivity contribution in [3.8, 4) is 34.4 Å². The van der Waals surface area contributed by atoms with E-state index >= 15 is 0 Å². The summed E-state index contributed by atoms with van der Waals surface area (Å²) >= 11 is 0. The Morgan fingerprint density at radius 2 is 1.00 bits per heavy atom. The van der Waals surface area contributed by atoms with Crippen LogP contribution in [0.1, 0.15) is 24.6 Å². The maximum Gasteiger partial charge on any atom is 0.247 e. The van der Waals surface area contributed by atoms with E-state index in [9.17, 15) is 0 Å². The smallest absolute Gasteiger partial charge is 0.247 e. The summed E-state index contributed by atoms with van der Waals surface area (Å²) in [6.07, 6.45) is 3.15. The zero-order chi connectivity index (χ0) is 20.8. The zero-order valence-corrected chi connectivity index (χ0v) is 16.9. The Kier molecular flexibility index (Phi) is 6.03. The molecule has 0 aliphatic carbocycles. The Labute approximate surface area is 173 Å². The van der Waals surface area contributed by atoms with Gasteiger partial charge in [0.05, 0.1) is 14.2 Å². The Morgan fingerprint density at radius 1 is 0.600 bits per heavy atom. The fourth-order valence-electron chi connectivity index (χ4n) is 2.96. The van der Waals surface area contributed by atoms with Crippen LogP contribution < -0.4 is 9.47 Å². The zero-order valence-electron chi connectivity index (χ0n) is 16.9. The molecule has 0 radical (unpaired) electrons. The number of hydrogen-bond acceptors (Lipinski definition) is 8. The van der Waals surface area contributed by atoms with E-state index in [4.69, 9.17) is 18.3 Å². The van der Waals surface area contributed by atoms with E-state index in [-0.39, 0.29) is 0 Å². The van der Waals surface area contributed by atoms with Crippen LogP contribution in [0.4, 0.5) is 0 Å². The predicted octanol–water partition coefficient (Wildman–Crippen LogP) is 4.37. The topological polar surface area (TPSA) is 96.3 Å². The van der Waals surface area contributed by atoms with Crippen LogP contribution >= 0.6 is 0 Å². The van der Waals surface area contributed by atoms with Crippen LogP contribution in [0.2, 0.25) is 0 Å². The summed E-state index contributed by atoms with van der Waals surface area (Å²) in [5.74, 6) is 3.82. The first-order chi connectivity index (χ1) is 14.7. The summed E-state index contributed by atoms with van der Waals surface area (Å²) in [4.78, 5) is 0. The number of aromatic nitrogens is 4. The van der Waals surface area contributed by atoms with Gasteiger partial charge in [0.25, 0.3) is 0 Å². The molecule has 0 bridgehead atoms. The summed E-state index contributed by atoms with van der Waals surface area (Å²) in [6, 6.07) is 15.0. The predicted molar refractivity (Wildman–Crippen MR) is 109 cm³/mol. The number of benzene rings is 2. The van der Waals surface area contributed by atoms with Crippen LogP contribution in [0.5, 0.6) is 11.5 Å². The van der Waals surface area contributed by atoms with Crippen LogP contribution in [-0.2, 0) is 12.8 Å². The van der Waals surface area contributed by atoms with E-state index in [2.05, 4.69) is 20.4 Å². The van der Waals surface area contributed by atoms with Crippen molar-refractivity contribution in [3.63, 3.8) is 0 Å². The first-order valence-electron chi connectivity index (χ1n) is 9.69. The maximum atomic E-state index is 5.75. The highest BCUT2D eigenvalue weighted by atomic mass is 16.5. The van der Waals surface area contributed by atoms with E-state index in [1.165, 1.54) is 0 Å². The van der Waals surface area contributed by atoms with E-state index in [1.807, 2.05) is 48.5 Å². The van der Waals surface area contributed by atoms with Crippen LogP contribution in [0, 0.1) is 0 Å². The minimum atomic E-state index is 0.508. The van der Waals surface area contributed by atoms with Crippen LogP contribution in [-0.4, -0.2) is 34.6 Å². The van der Waals surface area contributed by atoms with Crippen molar-refractivity contribution in [2.24, 2.45) is 0 Å². The third-order valence-electron chi connectivity index (χ3n) is 4.64. The van der Waals surface area contributed by atoms with Crippen molar-refractivity contribution >= 4 is 0 Å². The van der Waals surface area contributed by atoms with E-state index in [0.717, 1.165) is 35.5 Å². The fourth-order valence-corrected chi connectivity index (χ4v) is 2.96. The lowest BCUT2D eigenvalue weighted by Gasteiger charge is -1.99. The molecule has 0 amide bonds. The van der Waals surface area contributed by atoms with Crippen molar-refractivity contribution in [2.75, 3.05) is 14.2 Å². The standard InChI is InChI=1S/C22H22N4O4/c1-27-17-11-7-15(8-12-17)21-25-23-19(29-21)5-3-4-6-20-24-26-22(30-20)16-9-13-18(28-2)14-10-16/h7-14H,3-6H2,1-2H3. The molecule has 2 heterocycles. The van der Waals surface area contributed by atoms with Gasteiger partial charge in [0.1, 0.15) is 11.5 Å². The Balaban J connectivity index is 1.26. The number of aryl methyl sites for hydroxylation is 2. The number of hydrogen-bond donors (Lipinski definition) is 0. The largest absolute Gasteiger partial charge is 0.497 e. The molecule has 2 aromatic heterocycles. The molecule has 0 spiro atoms. The molecule has 0 atom stereocenters. The van der Waals surface area contributed by atoms with Gasteiger partial charge in [-0.15, -0.1) is 20.4 Å². The van der Waals surface area contributed by atoms with Gasteiger partial charge in [0, 0.05) is 24.0 Å². The first-order valence-corrected chi connectivity index (χ1v) is 9.69. The van der Waals surface area contributed by atoms with Crippen molar-refractivity contribution in [1.29, 1.82) is 0 Å². The molecule has 0 N–H and O–H groups in total. The van der Waals surface area contributed by atoms with Gasteiger partial charge in [0.15, 0.2) is 0 Å². The molecule has 4 aromatic rings. The molecule has 8 nitrogen and oxygen atoms in total. The fraction of sp³-hybridized carbons (Fsp3) is 0.273. The third-order valence-corrected chi connectivity index (χ3v) is 4.64. The summed E-state index contributed by atoms with van der Waals surface area (Å²) in [6.45, 7) is 0. The molecule has 0 aliphatic heterocycles. The molecule has 0 aliphatic rings. The molecule has 4 rings (SSSR count). The Morgan fingerprint density at radius 3 is 1.37 bits per heavy atom. The quantitative estimate of drug-likeness (QED) is 0.378. The molecule has 0 fully saturated rings. The molecule has 0 saturated carbocycles. The third kappa shape index (κ3) is 4.65. The van der Waals surface area contributed by atoms with Crippen molar-refractivity contribution in [3.05, 3.63) is 60.3 Å². The van der Waals surface area contributed by atoms with E-state index in [1.54, 1.807) is 14.2 Å². The highest BCUT2D eigenvalue weighted by Gasteiger charge is 2.11. The molecule has 154 valence electrons. The van der Waals surface area contributed by atoms with Gasteiger partial charge in [-0.25, -0.2) is 0 Å². The lowest BCUT2D eigenvalue weighted by atomic mass is 10.2. The minimum Gasteiger partial charge on any atom is -0.497 e. The van der Waals surface area contributed by atoms with Crippen LogP contribution in [0.25, 0.3) is 22.9 Å². The lowest BCUT2D eigenvalue weighted by molar-refractivity contribution is 0.414. The molecular formula is C22H22N4O4. The molecular weight excluding hydrogens is 384 g/mol. The average molecular weight is 406 g/mol. The highest BCUT2D eigenvalue weighted by molar-refractivity contribution is 5.54. The van der Waals surface area contributed by atoms with Crippen molar-refractivity contribution in [1.82, 2.24) is 20.4 Å². The normalized spacial score (nSPS) is 10.9. The summed E-state index contributed by atoms with van der Waals surface area (Å²) in [5, 5.41) is 16.5. The second-order valence-electron chi connectivity index (χ2n) is 6.67. The van der Waals surface area contributed by atoms with Crippen LogP contribution in [0.15, 0.2) is 57.4 Å². The first kappa shape index (κ1) is 19.6.